The van der Waals surface area contributed by atoms with Gasteiger partial charge in [-0.05, 0) is 23.3 Å². The van der Waals surface area contributed by atoms with E-state index in [0.717, 1.165) is 17.0 Å². The highest BCUT2D eigenvalue weighted by atomic mass is 32.2. The third-order valence-electron chi connectivity index (χ3n) is 4.55. The number of rotatable bonds is 12. The Morgan fingerprint density at radius 3 is 2.07 bits per heavy atom. The number of nitrogens with one attached hydrogen (secondary N) is 1. The highest BCUT2D eigenvalue weighted by Gasteiger charge is 2.23. The van der Waals surface area contributed by atoms with Gasteiger partial charge in [0.2, 0.25) is 5.91 Å². The maximum atomic E-state index is 12.4. The van der Waals surface area contributed by atoms with E-state index in [0.29, 0.717) is 17.3 Å². The van der Waals surface area contributed by atoms with Gasteiger partial charge in [-0.25, -0.2) is 4.79 Å². The van der Waals surface area contributed by atoms with Crippen LogP contribution in [0.4, 0.5) is 5.69 Å². The molecule has 0 aliphatic carbocycles. The van der Waals surface area contributed by atoms with Crippen molar-refractivity contribution in [2.45, 2.75) is 24.5 Å². The van der Waals surface area contributed by atoms with Gasteiger partial charge in [0.1, 0.15) is 6.04 Å². The minimum absolute atomic E-state index is 0.209. The number of hydrogen-bond acceptors (Lipinski definition) is 5. The van der Waals surface area contributed by atoms with E-state index in [4.69, 9.17) is 0 Å². The monoisotopic (exact) mass is 446 g/mol. The third kappa shape index (κ3) is 8.32. The van der Waals surface area contributed by atoms with Crippen LogP contribution < -0.4 is 10.2 Å². The molecule has 0 radical (unpaired) electrons. The Morgan fingerprint density at radius 2 is 1.50 bits per heavy atom. The van der Waals surface area contributed by atoms with Crippen molar-refractivity contribution in [2.24, 2.45) is 5.92 Å². The largest absolute Gasteiger partial charge is 0.480 e. The molecule has 2 atom stereocenters. The number of benzene rings is 2. The number of amides is 1. The fourth-order valence-electron chi connectivity index (χ4n) is 2.68. The fourth-order valence-corrected chi connectivity index (χ4v) is 4.74. The van der Waals surface area contributed by atoms with Crippen LogP contribution in [-0.2, 0) is 21.1 Å². The predicted molar refractivity (Wildman–Crippen MR) is 128 cm³/mol. The summed E-state index contributed by atoms with van der Waals surface area (Å²) in [6, 6.07) is 17.4. The number of anilines is 1. The van der Waals surface area contributed by atoms with Gasteiger partial charge in [0, 0.05) is 48.7 Å². The zero-order valence-electron chi connectivity index (χ0n) is 17.7. The molecule has 30 heavy (non-hydrogen) atoms. The second kappa shape index (κ2) is 12.5. The molecule has 0 bridgehead atoms. The van der Waals surface area contributed by atoms with Gasteiger partial charge in [0.15, 0.2) is 0 Å². The molecule has 162 valence electrons. The van der Waals surface area contributed by atoms with E-state index < -0.39 is 12.0 Å². The first-order valence-corrected chi connectivity index (χ1v) is 12.2. The second-order valence-electron chi connectivity index (χ2n) is 7.38. The Balaban J connectivity index is 1.75. The molecular formula is C23H30N2O3S2. The number of aliphatic carboxylic acids is 1. The molecule has 2 rings (SSSR count). The molecule has 0 aromatic heterocycles. The van der Waals surface area contributed by atoms with Crippen LogP contribution >= 0.6 is 23.5 Å². The number of thioether (sulfide) groups is 2. The molecule has 0 aliphatic rings. The molecule has 2 aromatic carbocycles. The fraction of sp³-hybridized carbons (Fsp3) is 0.391. The van der Waals surface area contributed by atoms with Crippen LogP contribution in [0.2, 0.25) is 0 Å². The van der Waals surface area contributed by atoms with Gasteiger partial charge in [-0.15, -0.1) is 0 Å². The third-order valence-corrected chi connectivity index (χ3v) is 6.93. The van der Waals surface area contributed by atoms with Gasteiger partial charge in [0.25, 0.3) is 0 Å². The predicted octanol–water partition coefficient (Wildman–Crippen LogP) is 4.12. The molecule has 1 amide bonds. The maximum Gasteiger partial charge on any atom is 0.327 e. The minimum Gasteiger partial charge on any atom is -0.480 e. The topological polar surface area (TPSA) is 69.6 Å². The summed E-state index contributed by atoms with van der Waals surface area (Å²) in [5, 5.41) is 12.2. The van der Waals surface area contributed by atoms with Gasteiger partial charge < -0.3 is 15.3 Å². The van der Waals surface area contributed by atoms with Gasteiger partial charge in [-0.2, -0.15) is 23.5 Å². The van der Waals surface area contributed by atoms with Gasteiger partial charge >= 0.3 is 5.97 Å². The van der Waals surface area contributed by atoms with Crippen molar-refractivity contribution in [1.29, 1.82) is 0 Å². The Hall–Kier alpha value is -2.12. The van der Waals surface area contributed by atoms with Crippen LogP contribution in [0.1, 0.15) is 18.1 Å². The lowest BCUT2D eigenvalue weighted by Gasteiger charge is -2.18. The van der Waals surface area contributed by atoms with Crippen molar-refractivity contribution in [3.05, 3.63) is 65.7 Å². The summed E-state index contributed by atoms with van der Waals surface area (Å²) in [4.78, 5) is 26.0. The molecule has 0 heterocycles. The van der Waals surface area contributed by atoms with Crippen molar-refractivity contribution >= 4 is 41.1 Å². The van der Waals surface area contributed by atoms with Crippen LogP contribution in [-0.4, -0.2) is 48.6 Å². The summed E-state index contributed by atoms with van der Waals surface area (Å²) in [7, 11) is 3.98. The SMILES string of the molecule is C[C@H](CSCc1ccccc1)C(=O)N[C@@H](CSCc1ccc(N(C)C)cc1)C(=O)O. The molecule has 0 fully saturated rings. The lowest BCUT2D eigenvalue weighted by molar-refractivity contribution is -0.141. The van der Waals surface area contributed by atoms with Crippen LogP contribution in [0.15, 0.2) is 54.6 Å². The first kappa shape index (κ1) is 24.2. The summed E-state index contributed by atoms with van der Waals surface area (Å²) < 4.78 is 0. The van der Waals surface area contributed by atoms with Crippen molar-refractivity contribution < 1.29 is 14.7 Å². The Kier molecular flexibility index (Phi) is 10.1. The molecule has 2 N–H and O–H groups in total. The number of carboxylic acid groups (broad SMARTS) is 1. The molecule has 2 aromatic rings. The van der Waals surface area contributed by atoms with E-state index in [1.54, 1.807) is 11.8 Å². The maximum absolute atomic E-state index is 12.4. The Morgan fingerprint density at radius 1 is 0.933 bits per heavy atom. The minimum atomic E-state index is -0.997. The van der Waals surface area contributed by atoms with E-state index in [9.17, 15) is 14.7 Å². The normalized spacial score (nSPS) is 12.8. The standard InChI is InChI=1S/C23H30N2O3S2/c1-17(13-29-14-18-7-5-4-6-8-18)22(26)24-21(23(27)28)16-30-15-19-9-11-20(12-10-19)25(2)3/h4-12,17,21H,13-16H2,1-3H3,(H,24,26)(H,27,28)/t17-,21+/m1/s1. The van der Waals surface area contributed by atoms with Gasteiger partial charge in [-0.3, -0.25) is 4.79 Å². The molecule has 0 saturated heterocycles. The number of carbonyl (C=O) groups is 2. The van der Waals surface area contributed by atoms with Crippen molar-refractivity contribution in [3.63, 3.8) is 0 Å². The summed E-state index contributed by atoms with van der Waals surface area (Å²) >= 11 is 3.19. The second-order valence-corrected chi connectivity index (χ2v) is 9.44. The molecule has 0 unspecified atom stereocenters. The number of hydrogen-bond donors (Lipinski definition) is 2. The van der Waals surface area contributed by atoms with Crippen molar-refractivity contribution in [3.8, 4) is 0 Å². The highest BCUT2D eigenvalue weighted by molar-refractivity contribution is 7.98. The summed E-state index contributed by atoms with van der Waals surface area (Å²) in [5.41, 5.74) is 3.47. The molecular weight excluding hydrogens is 416 g/mol. The summed E-state index contributed by atoms with van der Waals surface area (Å²) in [6.45, 7) is 1.84. The number of carboxylic acids is 1. The smallest absolute Gasteiger partial charge is 0.327 e. The van der Waals surface area contributed by atoms with Gasteiger partial charge in [-0.1, -0.05) is 49.4 Å². The van der Waals surface area contributed by atoms with E-state index in [1.807, 2.05) is 68.4 Å². The lowest BCUT2D eigenvalue weighted by atomic mass is 10.2. The number of carbonyl (C=O) groups excluding carboxylic acids is 1. The molecule has 5 nitrogen and oxygen atoms in total. The molecule has 0 aliphatic heterocycles. The van der Waals surface area contributed by atoms with Crippen LogP contribution in [0.3, 0.4) is 0 Å². The highest BCUT2D eigenvalue weighted by Crippen LogP contribution is 2.18. The molecule has 0 saturated carbocycles. The lowest BCUT2D eigenvalue weighted by Crippen LogP contribution is -2.45. The van der Waals surface area contributed by atoms with Crippen LogP contribution in [0.5, 0.6) is 0 Å². The number of nitrogens with zero attached hydrogens (tertiary/aromatic N) is 1. The molecule has 0 spiro atoms. The first-order chi connectivity index (χ1) is 14.4. The van der Waals surface area contributed by atoms with Gasteiger partial charge in [0.05, 0.1) is 0 Å². The van der Waals surface area contributed by atoms with Crippen molar-refractivity contribution in [1.82, 2.24) is 5.32 Å². The quantitative estimate of drug-likeness (QED) is 0.511. The van der Waals surface area contributed by atoms with Crippen LogP contribution in [0, 0.1) is 5.92 Å². The zero-order chi connectivity index (χ0) is 21.9. The van der Waals surface area contributed by atoms with E-state index in [2.05, 4.69) is 17.4 Å². The Bertz CT molecular complexity index is 798. The van der Waals surface area contributed by atoms with E-state index >= 15 is 0 Å². The zero-order valence-corrected chi connectivity index (χ0v) is 19.3. The first-order valence-electron chi connectivity index (χ1n) is 9.85. The van der Waals surface area contributed by atoms with E-state index in [-0.39, 0.29) is 11.8 Å². The Labute approximate surface area is 187 Å². The van der Waals surface area contributed by atoms with Crippen LogP contribution in [0.25, 0.3) is 0 Å². The van der Waals surface area contributed by atoms with E-state index in [1.165, 1.54) is 17.3 Å². The molecule has 7 heteroatoms. The summed E-state index contributed by atoms with van der Waals surface area (Å²) in [5.74, 6) is 1.07. The summed E-state index contributed by atoms with van der Waals surface area (Å²) in [6.07, 6.45) is 0. The average molecular weight is 447 g/mol. The van der Waals surface area contributed by atoms with Crippen molar-refractivity contribution in [2.75, 3.05) is 30.5 Å². The average Bonchev–Trinajstić information content (AvgIpc) is 2.73.